The fraction of sp³-hybridized carbons (Fsp3) is 0.0526. The van der Waals surface area contributed by atoms with Gasteiger partial charge < -0.3 is 5.73 Å². The SMILES string of the molecule is NC(/C=C/c1ccc(CC2=CN=C=N2)cc1)=Nc1ccc(Cl)cc1. The molecule has 0 radical (unpaired) electrons. The molecule has 0 saturated heterocycles. The summed E-state index contributed by atoms with van der Waals surface area (Å²) in [5.74, 6) is 0.434. The maximum absolute atomic E-state index is 5.92. The number of nitrogens with two attached hydrogens (primary N) is 1. The van der Waals surface area contributed by atoms with Crippen molar-refractivity contribution in [2.45, 2.75) is 6.42 Å². The summed E-state index contributed by atoms with van der Waals surface area (Å²) < 4.78 is 0. The van der Waals surface area contributed by atoms with Crippen molar-refractivity contribution in [3.63, 3.8) is 0 Å². The minimum Gasteiger partial charge on any atom is -0.384 e. The second kappa shape index (κ2) is 7.55. The zero-order chi connectivity index (χ0) is 16.8. The number of rotatable bonds is 5. The van der Waals surface area contributed by atoms with Gasteiger partial charge in [0.25, 0.3) is 0 Å². The van der Waals surface area contributed by atoms with Gasteiger partial charge in [0.15, 0.2) is 0 Å². The van der Waals surface area contributed by atoms with Crippen LogP contribution in [0.1, 0.15) is 11.1 Å². The standard InChI is InChI=1S/C19H15ClN4/c20-16-6-8-17(9-7-16)24-19(21)10-5-14-1-3-15(4-2-14)11-18-12-22-13-23-18/h1-10,12H,11H2,(H2,21,24)/b10-5+. The Morgan fingerprint density at radius 1 is 1.12 bits per heavy atom. The topological polar surface area (TPSA) is 63.1 Å². The molecule has 2 aromatic rings. The molecule has 0 amide bonds. The molecule has 0 saturated carbocycles. The number of allylic oxidation sites excluding steroid dienone is 1. The molecule has 0 atom stereocenters. The molecule has 4 nitrogen and oxygen atoms in total. The molecule has 1 aliphatic heterocycles. The largest absolute Gasteiger partial charge is 0.384 e. The number of benzene rings is 2. The smallest absolute Gasteiger partial charge is 0.124 e. The summed E-state index contributed by atoms with van der Waals surface area (Å²) in [5, 5.41) is 0.675. The fourth-order valence-electron chi connectivity index (χ4n) is 2.15. The Balaban J connectivity index is 1.63. The molecule has 2 aromatic carbocycles. The highest BCUT2D eigenvalue weighted by Crippen LogP contribution is 2.16. The van der Waals surface area contributed by atoms with Crippen LogP contribution in [0.25, 0.3) is 6.08 Å². The predicted octanol–water partition coefficient (Wildman–Crippen LogP) is 4.61. The second-order valence-corrected chi connectivity index (χ2v) is 5.66. The number of amidine groups is 1. The quantitative estimate of drug-likeness (QED) is 0.629. The van der Waals surface area contributed by atoms with Crippen molar-refractivity contribution in [3.05, 3.63) is 82.7 Å². The van der Waals surface area contributed by atoms with Gasteiger partial charge in [0.2, 0.25) is 0 Å². The van der Waals surface area contributed by atoms with Crippen molar-refractivity contribution in [1.82, 2.24) is 0 Å². The Labute approximate surface area is 145 Å². The molecule has 0 fully saturated rings. The van der Waals surface area contributed by atoms with Gasteiger partial charge in [-0.3, -0.25) is 0 Å². The van der Waals surface area contributed by atoms with E-state index in [0.717, 1.165) is 23.4 Å². The molecule has 2 N–H and O–H groups in total. The van der Waals surface area contributed by atoms with Gasteiger partial charge >= 0.3 is 0 Å². The van der Waals surface area contributed by atoms with Gasteiger partial charge in [0.1, 0.15) is 5.84 Å². The minimum absolute atomic E-state index is 0.434. The van der Waals surface area contributed by atoms with E-state index < -0.39 is 0 Å². The van der Waals surface area contributed by atoms with Crippen molar-refractivity contribution < 1.29 is 0 Å². The summed E-state index contributed by atoms with van der Waals surface area (Å²) >= 11 is 5.84. The van der Waals surface area contributed by atoms with E-state index in [0.29, 0.717) is 10.9 Å². The maximum Gasteiger partial charge on any atom is 0.124 e. The van der Waals surface area contributed by atoms with Crippen LogP contribution < -0.4 is 5.73 Å². The van der Waals surface area contributed by atoms with Gasteiger partial charge in [0.05, 0.1) is 23.6 Å². The van der Waals surface area contributed by atoms with Crippen LogP contribution in [0.5, 0.6) is 0 Å². The summed E-state index contributed by atoms with van der Waals surface area (Å²) in [6, 6.07) is 18.0. The van der Waals surface area contributed by atoms with Crippen molar-refractivity contribution in [3.8, 4) is 0 Å². The molecule has 24 heavy (non-hydrogen) atoms. The zero-order valence-electron chi connectivity index (χ0n) is 12.9. The van der Waals surface area contributed by atoms with Crippen molar-refractivity contribution in [1.29, 1.82) is 0 Å². The van der Waals surface area contributed by atoms with Gasteiger partial charge in [-0.25, -0.2) is 4.99 Å². The number of nitrogens with zero attached hydrogens (tertiary/aromatic N) is 3. The van der Waals surface area contributed by atoms with Crippen LogP contribution in [0.3, 0.4) is 0 Å². The van der Waals surface area contributed by atoms with Crippen LogP contribution in [-0.2, 0) is 6.42 Å². The molecule has 118 valence electrons. The van der Waals surface area contributed by atoms with E-state index in [9.17, 15) is 0 Å². The first-order valence-corrected chi connectivity index (χ1v) is 7.78. The van der Waals surface area contributed by atoms with Crippen LogP contribution >= 0.6 is 11.6 Å². The summed E-state index contributed by atoms with van der Waals surface area (Å²) in [4.78, 5) is 12.2. The van der Waals surface area contributed by atoms with E-state index in [4.69, 9.17) is 17.3 Å². The van der Waals surface area contributed by atoms with Crippen molar-refractivity contribution in [2.24, 2.45) is 20.7 Å². The van der Waals surface area contributed by atoms with Gasteiger partial charge in [0, 0.05) is 11.4 Å². The third kappa shape index (κ3) is 4.53. The monoisotopic (exact) mass is 334 g/mol. The minimum atomic E-state index is 0.434. The third-order valence-electron chi connectivity index (χ3n) is 3.36. The molecule has 1 heterocycles. The Morgan fingerprint density at radius 2 is 1.88 bits per heavy atom. The molecule has 0 unspecified atom stereocenters. The summed E-state index contributed by atoms with van der Waals surface area (Å²) in [7, 11) is 0. The van der Waals surface area contributed by atoms with Gasteiger partial charge in [-0.05, 0) is 41.5 Å². The molecular formula is C19H15ClN4. The number of hydrogen-bond donors (Lipinski definition) is 1. The predicted molar refractivity (Wildman–Crippen MR) is 99.9 cm³/mol. The van der Waals surface area contributed by atoms with E-state index in [1.54, 1.807) is 24.4 Å². The highest BCUT2D eigenvalue weighted by atomic mass is 35.5. The lowest BCUT2D eigenvalue weighted by molar-refractivity contribution is 1.12. The average Bonchev–Trinajstić information content (AvgIpc) is 3.09. The van der Waals surface area contributed by atoms with Crippen molar-refractivity contribution in [2.75, 3.05) is 0 Å². The Kier molecular flexibility index (Phi) is 5.02. The lowest BCUT2D eigenvalue weighted by Crippen LogP contribution is -2.06. The van der Waals surface area contributed by atoms with Gasteiger partial charge in [-0.2, -0.15) is 9.98 Å². The molecule has 3 rings (SSSR count). The van der Waals surface area contributed by atoms with Crippen LogP contribution in [0.15, 0.2) is 81.5 Å². The Bertz CT molecular complexity index is 869. The van der Waals surface area contributed by atoms with Gasteiger partial charge in [-0.15, -0.1) is 0 Å². The normalized spacial score (nSPS) is 13.7. The first-order chi connectivity index (χ1) is 11.7. The highest BCUT2D eigenvalue weighted by Gasteiger charge is 2.00. The van der Waals surface area contributed by atoms with E-state index in [2.05, 4.69) is 33.1 Å². The highest BCUT2D eigenvalue weighted by molar-refractivity contribution is 6.30. The number of aliphatic imine (C=N–C) groups is 3. The third-order valence-corrected chi connectivity index (χ3v) is 3.61. The van der Waals surface area contributed by atoms with Crippen LogP contribution in [-0.4, -0.2) is 11.8 Å². The van der Waals surface area contributed by atoms with E-state index in [1.165, 1.54) is 5.56 Å². The van der Waals surface area contributed by atoms with Gasteiger partial charge in [-0.1, -0.05) is 41.9 Å². The Hall–Kier alpha value is -2.94. The molecular weight excluding hydrogens is 320 g/mol. The van der Waals surface area contributed by atoms with E-state index >= 15 is 0 Å². The van der Waals surface area contributed by atoms with Crippen LogP contribution in [0.4, 0.5) is 5.69 Å². The Morgan fingerprint density at radius 3 is 2.54 bits per heavy atom. The first kappa shape index (κ1) is 15.9. The van der Waals surface area contributed by atoms with E-state index in [1.807, 2.05) is 30.3 Å². The molecule has 0 spiro atoms. The molecule has 0 aliphatic carbocycles. The summed E-state index contributed by atoms with van der Waals surface area (Å²) in [6.45, 7) is 0. The first-order valence-electron chi connectivity index (χ1n) is 7.40. The molecule has 1 aliphatic rings. The second-order valence-electron chi connectivity index (χ2n) is 5.23. The summed E-state index contributed by atoms with van der Waals surface area (Å²) in [6.07, 6.45) is 6.18. The van der Waals surface area contributed by atoms with Crippen LogP contribution in [0.2, 0.25) is 5.02 Å². The number of hydrogen-bond acceptors (Lipinski definition) is 3. The molecule has 5 heteroatoms. The maximum atomic E-state index is 5.92. The molecule has 0 bridgehead atoms. The average molecular weight is 335 g/mol. The van der Waals surface area contributed by atoms with Crippen LogP contribution in [0, 0.1) is 0 Å². The van der Waals surface area contributed by atoms with E-state index in [-0.39, 0.29) is 0 Å². The number of halogens is 1. The lowest BCUT2D eigenvalue weighted by Gasteiger charge is -2.00. The summed E-state index contributed by atoms with van der Waals surface area (Å²) in [5.41, 5.74) is 9.83. The fourth-order valence-corrected chi connectivity index (χ4v) is 2.28. The lowest BCUT2D eigenvalue weighted by atomic mass is 10.1. The molecule has 0 aromatic heterocycles. The zero-order valence-corrected chi connectivity index (χ0v) is 13.6. The van der Waals surface area contributed by atoms with Crippen molar-refractivity contribution >= 4 is 35.2 Å².